The van der Waals surface area contributed by atoms with E-state index < -0.39 is 11.9 Å². The number of anilines is 1. The highest BCUT2D eigenvalue weighted by molar-refractivity contribution is 6.31. The van der Waals surface area contributed by atoms with E-state index in [-0.39, 0.29) is 23.1 Å². The molecule has 2 aromatic carbocycles. The molecule has 6 rings (SSSR count). The molecule has 0 fully saturated rings. The lowest BCUT2D eigenvalue weighted by atomic mass is 9.95. The van der Waals surface area contributed by atoms with E-state index in [4.69, 9.17) is 11.6 Å². The smallest absolute Gasteiger partial charge is 0.254 e. The first-order valence-electron chi connectivity index (χ1n) is 13.6. The molecule has 3 aromatic heterocycles. The minimum Gasteiger partial charge on any atom is -0.325 e. The summed E-state index contributed by atoms with van der Waals surface area (Å²) in [6, 6.07) is 15.7. The number of amides is 1. The zero-order valence-corrected chi connectivity index (χ0v) is 23.7. The van der Waals surface area contributed by atoms with Crippen molar-refractivity contribution in [3.05, 3.63) is 106 Å². The summed E-state index contributed by atoms with van der Waals surface area (Å²) in [7, 11) is 0. The molecule has 214 valence electrons. The number of nitrogens with zero attached hydrogens (tertiary/aromatic N) is 7. The lowest BCUT2D eigenvalue weighted by molar-refractivity contribution is -0.119. The number of hydrogen-bond donors (Lipinski definition) is 1. The van der Waals surface area contributed by atoms with Crippen LogP contribution in [-0.4, -0.2) is 35.4 Å². The van der Waals surface area contributed by atoms with Crippen molar-refractivity contribution in [2.24, 2.45) is 5.92 Å². The molecule has 1 amide bonds. The van der Waals surface area contributed by atoms with E-state index >= 15 is 0 Å². The first-order valence-corrected chi connectivity index (χ1v) is 14.0. The lowest BCUT2D eigenvalue weighted by Crippen LogP contribution is -2.27. The zero-order valence-electron chi connectivity index (χ0n) is 22.9. The lowest BCUT2D eigenvalue weighted by Gasteiger charge is -2.23. The highest BCUT2D eigenvalue weighted by Gasteiger charge is 2.23. The van der Waals surface area contributed by atoms with Crippen molar-refractivity contribution in [2.75, 3.05) is 5.32 Å². The van der Waals surface area contributed by atoms with Crippen LogP contribution < -0.4 is 10.9 Å². The second-order valence-corrected chi connectivity index (χ2v) is 10.8. The Morgan fingerprint density at radius 2 is 1.91 bits per heavy atom. The van der Waals surface area contributed by atoms with E-state index in [1.807, 2.05) is 19.1 Å². The number of carbonyl (C=O) groups excluding carboxylic acids is 1. The van der Waals surface area contributed by atoms with Crippen LogP contribution in [0.4, 0.5) is 10.1 Å². The van der Waals surface area contributed by atoms with Gasteiger partial charge in [-0.05, 0) is 66.9 Å². The molecular weight excluding hydrogens is 571 g/mol. The van der Waals surface area contributed by atoms with E-state index in [1.165, 1.54) is 40.0 Å². The minimum atomic E-state index is -0.493. The van der Waals surface area contributed by atoms with Gasteiger partial charge >= 0.3 is 0 Å². The molecule has 10 nitrogen and oxygen atoms in total. The van der Waals surface area contributed by atoms with E-state index in [0.29, 0.717) is 63.7 Å². The summed E-state index contributed by atoms with van der Waals surface area (Å²) >= 11 is 6.30. The van der Waals surface area contributed by atoms with E-state index in [0.717, 1.165) is 0 Å². The number of halogens is 2. The van der Waals surface area contributed by atoms with Crippen molar-refractivity contribution < 1.29 is 9.18 Å². The summed E-state index contributed by atoms with van der Waals surface area (Å²) in [5, 5.41) is 20.4. The second kappa shape index (κ2) is 11.6. The van der Waals surface area contributed by atoms with Crippen LogP contribution in [0.2, 0.25) is 5.02 Å². The van der Waals surface area contributed by atoms with Gasteiger partial charge in [-0.1, -0.05) is 30.2 Å². The average molecular weight is 595 g/mol. The molecule has 2 unspecified atom stereocenters. The zero-order chi connectivity index (χ0) is 30.1. The predicted molar refractivity (Wildman–Crippen MR) is 158 cm³/mol. The maximum Gasteiger partial charge on any atom is 0.254 e. The van der Waals surface area contributed by atoms with E-state index in [1.54, 1.807) is 36.5 Å². The molecule has 2 bridgehead atoms. The Morgan fingerprint density at radius 1 is 1.05 bits per heavy atom. The highest BCUT2D eigenvalue weighted by Crippen LogP contribution is 2.34. The van der Waals surface area contributed by atoms with Gasteiger partial charge in [0.1, 0.15) is 11.9 Å². The van der Waals surface area contributed by atoms with Crippen LogP contribution in [0.5, 0.6) is 0 Å². The number of carbonyl (C=O) groups is 1. The van der Waals surface area contributed by atoms with Crippen molar-refractivity contribution in [1.29, 1.82) is 5.26 Å². The van der Waals surface area contributed by atoms with Crippen LogP contribution in [0.15, 0.2) is 78.1 Å². The largest absolute Gasteiger partial charge is 0.325 e. The molecule has 1 aliphatic heterocycles. The number of pyridine rings is 1. The van der Waals surface area contributed by atoms with E-state index in [2.05, 4.69) is 25.6 Å². The van der Waals surface area contributed by atoms with Gasteiger partial charge in [0.05, 0.1) is 35.6 Å². The molecule has 0 aliphatic carbocycles. The van der Waals surface area contributed by atoms with Crippen LogP contribution in [0.1, 0.15) is 43.6 Å². The molecule has 43 heavy (non-hydrogen) atoms. The number of nitrogens with one attached hydrogen (secondary N) is 1. The topological polar surface area (TPSA) is 131 Å². The SMILES string of the molecule is CC1CCCC(n2cnc(-c3cc(Cl)ccc3-n3cc(C#N)nn3)cc2=O)c2cc(ccn2)-c2cc(F)ccc2NC1=O. The third-order valence-corrected chi connectivity index (χ3v) is 7.73. The monoisotopic (exact) mass is 594 g/mol. The predicted octanol–water partition coefficient (Wildman–Crippen LogP) is 5.57. The van der Waals surface area contributed by atoms with Crippen molar-refractivity contribution in [1.82, 2.24) is 29.5 Å². The van der Waals surface area contributed by atoms with Crippen molar-refractivity contribution in [3.63, 3.8) is 0 Å². The average Bonchev–Trinajstić information content (AvgIpc) is 3.49. The first kappa shape index (κ1) is 27.9. The van der Waals surface area contributed by atoms with Gasteiger partial charge in [0.2, 0.25) is 5.91 Å². The fourth-order valence-electron chi connectivity index (χ4n) is 5.23. The second-order valence-electron chi connectivity index (χ2n) is 10.3. The number of hydrogen-bond acceptors (Lipinski definition) is 7. The normalized spacial score (nSPS) is 16.7. The van der Waals surface area contributed by atoms with Gasteiger partial charge in [-0.2, -0.15) is 5.26 Å². The summed E-state index contributed by atoms with van der Waals surface area (Å²) in [4.78, 5) is 35.8. The summed E-state index contributed by atoms with van der Waals surface area (Å²) in [6.45, 7) is 1.84. The molecule has 5 aromatic rings. The Kier molecular flexibility index (Phi) is 7.52. The minimum absolute atomic E-state index is 0.138. The molecule has 0 spiro atoms. The summed E-state index contributed by atoms with van der Waals surface area (Å²) in [5.41, 5.74) is 3.53. The summed E-state index contributed by atoms with van der Waals surface area (Å²) < 4.78 is 17.3. The maximum atomic E-state index is 14.3. The molecule has 12 heteroatoms. The van der Waals surface area contributed by atoms with Gasteiger partial charge in [-0.15, -0.1) is 5.10 Å². The third-order valence-electron chi connectivity index (χ3n) is 7.50. The number of benzene rings is 2. The van der Waals surface area contributed by atoms with Crippen LogP contribution in [-0.2, 0) is 4.79 Å². The Hall–Kier alpha value is -5.21. The summed E-state index contributed by atoms with van der Waals surface area (Å²) in [6.07, 6.45) is 6.29. The van der Waals surface area contributed by atoms with Crippen LogP contribution in [0.25, 0.3) is 28.1 Å². The van der Waals surface area contributed by atoms with Crippen LogP contribution >= 0.6 is 11.6 Å². The van der Waals surface area contributed by atoms with Gasteiger partial charge < -0.3 is 5.32 Å². The third kappa shape index (κ3) is 5.65. The number of nitriles is 1. The maximum absolute atomic E-state index is 14.3. The van der Waals surface area contributed by atoms with Crippen molar-refractivity contribution in [3.8, 4) is 34.1 Å². The molecule has 0 saturated carbocycles. The van der Waals surface area contributed by atoms with E-state index in [9.17, 15) is 19.2 Å². The number of aromatic nitrogens is 6. The fraction of sp³-hybridized carbons (Fsp3) is 0.194. The van der Waals surface area contributed by atoms with Gasteiger partial charge in [-0.25, -0.2) is 14.1 Å². The Morgan fingerprint density at radius 3 is 2.70 bits per heavy atom. The standard InChI is InChI=1S/C31H24ClFN8O2/c1-18-3-2-4-29(27-11-19(9-10-35-27)23-13-21(33)6-7-25(23)37-31(18)43)40-17-36-26(14-30(40)42)24-12-20(32)5-8-28(24)41-16-22(15-34)38-39-41/h5-14,16-18,29H,2-4H2,1H3,(H,37,43). The van der Waals surface area contributed by atoms with Gasteiger partial charge in [0.25, 0.3) is 5.56 Å². The first-order chi connectivity index (χ1) is 20.8. The Balaban J connectivity index is 1.44. The molecule has 2 atom stereocenters. The fourth-order valence-corrected chi connectivity index (χ4v) is 5.41. The summed E-state index contributed by atoms with van der Waals surface area (Å²) in [5.74, 6) is -0.899. The quantitative estimate of drug-likeness (QED) is 0.289. The van der Waals surface area contributed by atoms with Crippen LogP contribution in [0, 0.1) is 23.1 Å². The molecule has 0 saturated heterocycles. The molecule has 0 radical (unpaired) electrons. The molecular formula is C31H24ClFN8O2. The Bertz CT molecular complexity index is 1960. The van der Waals surface area contributed by atoms with Gasteiger partial charge in [0.15, 0.2) is 5.69 Å². The highest BCUT2D eigenvalue weighted by atomic mass is 35.5. The van der Waals surface area contributed by atoms with Crippen LogP contribution in [0.3, 0.4) is 0 Å². The number of fused-ring (bicyclic) bond motifs is 4. The Labute approximate surface area is 250 Å². The number of rotatable bonds is 3. The van der Waals surface area contributed by atoms with Crippen molar-refractivity contribution >= 4 is 23.2 Å². The van der Waals surface area contributed by atoms with Gasteiger partial charge in [-0.3, -0.25) is 19.1 Å². The molecule has 1 aliphatic rings. The molecule has 1 N–H and O–H groups in total. The van der Waals surface area contributed by atoms with Gasteiger partial charge in [0, 0.05) is 40.0 Å². The van der Waals surface area contributed by atoms with Crippen molar-refractivity contribution in [2.45, 2.75) is 32.2 Å². The molecule has 4 heterocycles.